The maximum Gasteiger partial charge on any atom is 0.251 e. The number of anilines is 1. The Morgan fingerprint density at radius 1 is 1.24 bits per heavy atom. The van der Waals surface area contributed by atoms with Crippen molar-refractivity contribution in [3.63, 3.8) is 0 Å². The van der Waals surface area contributed by atoms with Gasteiger partial charge in [0.15, 0.2) is 0 Å². The average Bonchev–Trinajstić information content (AvgIpc) is 2.48. The molecule has 0 heterocycles. The Morgan fingerprint density at radius 2 is 1.90 bits per heavy atom. The van der Waals surface area contributed by atoms with E-state index >= 15 is 0 Å². The van der Waals surface area contributed by atoms with Gasteiger partial charge >= 0.3 is 0 Å². The van der Waals surface area contributed by atoms with Crippen molar-refractivity contribution in [3.8, 4) is 0 Å². The third-order valence-electron chi connectivity index (χ3n) is 3.60. The van der Waals surface area contributed by atoms with Crippen LogP contribution in [0.2, 0.25) is 0 Å². The minimum Gasteiger partial charge on any atom is -0.398 e. The van der Waals surface area contributed by atoms with E-state index in [1.807, 2.05) is 25.1 Å². The molecule has 0 aliphatic rings. The number of nitrogens with two attached hydrogens (primary N) is 1. The van der Waals surface area contributed by atoms with Gasteiger partial charge in [0.25, 0.3) is 5.91 Å². The summed E-state index contributed by atoms with van der Waals surface area (Å²) in [5, 5.41) is 2.97. The largest absolute Gasteiger partial charge is 0.398 e. The molecule has 21 heavy (non-hydrogen) atoms. The van der Waals surface area contributed by atoms with Crippen LogP contribution in [0.3, 0.4) is 0 Å². The molecule has 0 radical (unpaired) electrons. The van der Waals surface area contributed by atoms with Crippen LogP contribution in [0.15, 0.2) is 40.9 Å². The summed E-state index contributed by atoms with van der Waals surface area (Å²) in [6, 6.07) is 11.7. The Labute approximate surface area is 133 Å². The molecule has 2 aromatic carbocycles. The molecule has 4 heteroatoms. The number of rotatable bonds is 4. The van der Waals surface area contributed by atoms with E-state index in [4.69, 9.17) is 5.73 Å². The average molecular weight is 347 g/mol. The van der Waals surface area contributed by atoms with Gasteiger partial charge in [-0.25, -0.2) is 0 Å². The van der Waals surface area contributed by atoms with Crippen molar-refractivity contribution in [1.29, 1.82) is 0 Å². The van der Waals surface area contributed by atoms with Crippen molar-refractivity contribution in [2.45, 2.75) is 26.8 Å². The molecule has 3 N–H and O–H groups in total. The van der Waals surface area contributed by atoms with E-state index in [-0.39, 0.29) is 5.91 Å². The number of halogens is 1. The molecule has 0 aromatic heterocycles. The van der Waals surface area contributed by atoms with Crippen LogP contribution in [0.5, 0.6) is 0 Å². The van der Waals surface area contributed by atoms with Gasteiger partial charge in [-0.1, -0.05) is 47.1 Å². The SMILES string of the molecule is CCc1ccccc1CNC(=O)c1cc(Br)cc(N)c1C. The number of hydrogen-bond acceptors (Lipinski definition) is 2. The van der Waals surface area contributed by atoms with E-state index in [0.717, 1.165) is 22.0 Å². The van der Waals surface area contributed by atoms with E-state index in [1.54, 1.807) is 12.1 Å². The number of nitrogens with one attached hydrogen (secondary N) is 1. The zero-order chi connectivity index (χ0) is 15.4. The van der Waals surface area contributed by atoms with Crippen LogP contribution in [0, 0.1) is 6.92 Å². The van der Waals surface area contributed by atoms with Gasteiger partial charge in [0.05, 0.1) is 0 Å². The lowest BCUT2D eigenvalue weighted by Crippen LogP contribution is -2.24. The molecule has 0 spiro atoms. The number of amides is 1. The van der Waals surface area contributed by atoms with E-state index in [0.29, 0.717) is 17.8 Å². The number of benzene rings is 2. The normalized spacial score (nSPS) is 10.4. The van der Waals surface area contributed by atoms with Crippen molar-refractivity contribution in [3.05, 3.63) is 63.1 Å². The lowest BCUT2D eigenvalue weighted by atomic mass is 10.0. The van der Waals surface area contributed by atoms with Crippen LogP contribution in [-0.4, -0.2) is 5.91 Å². The van der Waals surface area contributed by atoms with Crippen molar-refractivity contribution in [1.82, 2.24) is 5.32 Å². The molecule has 3 nitrogen and oxygen atoms in total. The summed E-state index contributed by atoms with van der Waals surface area (Å²) in [6.45, 7) is 4.49. The molecule has 110 valence electrons. The molecule has 0 unspecified atom stereocenters. The van der Waals surface area contributed by atoms with Gasteiger partial charge in [-0.3, -0.25) is 4.79 Å². The first-order valence-corrected chi connectivity index (χ1v) is 7.72. The van der Waals surface area contributed by atoms with Gasteiger partial charge < -0.3 is 11.1 Å². The fraction of sp³-hybridized carbons (Fsp3) is 0.235. The van der Waals surface area contributed by atoms with Gasteiger partial charge in [-0.05, 0) is 42.2 Å². The van der Waals surface area contributed by atoms with E-state index in [2.05, 4.69) is 34.2 Å². The smallest absolute Gasteiger partial charge is 0.251 e. The molecule has 0 aliphatic carbocycles. The van der Waals surface area contributed by atoms with E-state index in [9.17, 15) is 4.79 Å². The third kappa shape index (κ3) is 3.64. The molecule has 0 aliphatic heterocycles. The van der Waals surface area contributed by atoms with Gasteiger partial charge in [0.2, 0.25) is 0 Å². The molecule has 2 rings (SSSR count). The monoisotopic (exact) mass is 346 g/mol. The first-order chi connectivity index (χ1) is 10.0. The highest BCUT2D eigenvalue weighted by molar-refractivity contribution is 9.10. The van der Waals surface area contributed by atoms with Crippen LogP contribution in [0.1, 0.15) is 34.0 Å². The van der Waals surface area contributed by atoms with Gasteiger partial charge in [0.1, 0.15) is 0 Å². The maximum absolute atomic E-state index is 12.4. The Morgan fingerprint density at radius 3 is 2.57 bits per heavy atom. The summed E-state index contributed by atoms with van der Waals surface area (Å²) in [6.07, 6.45) is 0.953. The first kappa shape index (κ1) is 15.6. The van der Waals surface area contributed by atoms with Crippen LogP contribution in [-0.2, 0) is 13.0 Å². The van der Waals surface area contributed by atoms with Crippen molar-refractivity contribution < 1.29 is 4.79 Å². The summed E-state index contributed by atoms with van der Waals surface area (Å²) in [5.41, 5.74) is 10.3. The summed E-state index contributed by atoms with van der Waals surface area (Å²) in [5.74, 6) is -0.105. The molecule has 1 amide bonds. The number of carbonyl (C=O) groups excluding carboxylic acids is 1. The predicted molar refractivity (Wildman–Crippen MR) is 90.3 cm³/mol. The summed E-state index contributed by atoms with van der Waals surface area (Å²) < 4.78 is 0.810. The fourth-order valence-electron chi connectivity index (χ4n) is 2.28. The van der Waals surface area contributed by atoms with Gasteiger partial charge in [-0.15, -0.1) is 0 Å². The number of nitrogen functional groups attached to an aromatic ring is 1. The zero-order valence-electron chi connectivity index (χ0n) is 12.2. The van der Waals surface area contributed by atoms with E-state index < -0.39 is 0 Å². The predicted octanol–water partition coefficient (Wildman–Crippen LogP) is 3.83. The van der Waals surface area contributed by atoms with Crippen LogP contribution < -0.4 is 11.1 Å². The second-order valence-electron chi connectivity index (χ2n) is 4.97. The first-order valence-electron chi connectivity index (χ1n) is 6.93. The summed E-state index contributed by atoms with van der Waals surface area (Å²) in [7, 11) is 0. The summed E-state index contributed by atoms with van der Waals surface area (Å²) >= 11 is 3.37. The summed E-state index contributed by atoms with van der Waals surface area (Å²) in [4.78, 5) is 12.4. The standard InChI is InChI=1S/C17H19BrN2O/c1-3-12-6-4-5-7-13(12)10-20-17(21)15-8-14(18)9-16(19)11(15)2/h4-9H,3,10,19H2,1-2H3,(H,20,21). The maximum atomic E-state index is 12.4. The Bertz CT molecular complexity index is 668. The topological polar surface area (TPSA) is 55.1 Å². The molecule has 0 saturated heterocycles. The minimum atomic E-state index is -0.105. The van der Waals surface area contributed by atoms with Crippen LogP contribution in [0.25, 0.3) is 0 Å². The highest BCUT2D eigenvalue weighted by atomic mass is 79.9. The Hall–Kier alpha value is -1.81. The van der Waals surface area contributed by atoms with Crippen LogP contribution >= 0.6 is 15.9 Å². The van der Waals surface area contributed by atoms with Gasteiger partial charge in [0, 0.05) is 22.3 Å². The minimum absolute atomic E-state index is 0.105. The number of aryl methyl sites for hydroxylation is 1. The van der Waals surface area contributed by atoms with Crippen LogP contribution in [0.4, 0.5) is 5.69 Å². The van der Waals surface area contributed by atoms with Crippen molar-refractivity contribution in [2.75, 3.05) is 5.73 Å². The second kappa shape index (κ2) is 6.76. The quantitative estimate of drug-likeness (QED) is 0.826. The third-order valence-corrected chi connectivity index (χ3v) is 4.05. The molecule has 0 fully saturated rings. The van der Waals surface area contributed by atoms with E-state index in [1.165, 1.54) is 5.56 Å². The highest BCUT2D eigenvalue weighted by Crippen LogP contribution is 2.22. The molecule has 0 bridgehead atoms. The molecule has 0 saturated carbocycles. The van der Waals surface area contributed by atoms with Crippen molar-refractivity contribution >= 4 is 27.5 Å². The Balaban J connectivity index is 2.16. The second-order valence-corrected chi connectivity index (χ2v) is 5.89. The molecular weight excluding hydrogens is 328 g/mol. The molecule has 2 aromatic rings. The Kier molecular flexibility index (Phi) is 5.02. The number of hydrogen-bond donors (Lipinski definition) is 2. The zero-order valence-corrected chi connectivity index (χ0v) is 13.8. The van der Waals surface area contributed by atoms with Crippen molar-refractivity contribution in [2.24, 2.45) is 0 Å². The highest BCUT2D eigenvalue weighted by Gasteiger charge is 2.12. The van der Waals surface area contributed by atoms with Gasteiger partial charge in [-0.2, -0.15) is 0 Å². The number of carbonyl (C=O) groups is 1. The molecule has 0 atom stereocenters. The lowest BCUT2D eigenvalue weighted by Gasteiger charge is -2.12. The molecular formula is C17H19BrN2O. The fourth-order valence-corrected chi connectivity index (χ4v) is 2.76. The lowest BCUT2D eigenvalue weighted by molar-refractivity contribution is 0.0950.